The van der Waals surface area contributed by atoms with Gasteiger partial charge in [-0.2, -0.15) is 0 Å². The van der Waals surface area contributed by atoms with Gasteiger partial charge in [-0.05, 0) is 31.4 Å². The highest BCUT2D eigenvalue weighted by molar-refractivity contribution is 7.89. The molecule has 0 bridgehead atoms. The third kappa shape index (κ3) is 4.25. The van der Waals surface area contributed by atoms with Gasteiger partial charge < -0.3 is 10.3 Å². The topological polar surface area (TPSA) is 111 Å². The number of rotatable bonds is 7. The van der Waals surface area contributed by atoms with Crippen LogP contribution in [0, 0.1) is 6.92 Å². The number of hydrogen-bond acceptors (Lipinski definition) is 7. The van der Waals surface area contributed by atoms with Crippen molar-refractivity contribution in [1.82, 2.24) is 14.9 Å². The number of nitrogens with zero attached hydrogens (tertiary/aromatic N) is 2. The molecule has 2 aromatic heterocycles. The molecule has 0 atom stereocenters. The molecule has 0 fully saturated rings. The van der Waals surface area contributed by atoms with Crippen LogP contribution in [0.5, 0.6) is 0 Å². The summed E-state index contributed by atoms with van der Waals surface area (Å²) in [7, 11) is -3.61. The molecule has 3 rings (SSSR count). The van der Waals surface area contributed by atoms with Crippen LogP contribution in [0.4, 0.5) is 5.13 Å². The molecule has 1 aromatic carbocycles. The van der Waals surface area contributed by atoms with E-state index in [-0.39, 0.29) is 4.90 Å². The number of anilines is 1. The highest BCUT2D eigenvalue weighted by Crippen LogP contribution is 2.24. The van der Waals surface area contributed by atoms with E-state index in [1.165, 1.54) is 17.5 Å². The number of hydrogen-bond donors (Lipinski definition) is 2. The van der Waals surface area contributed by atoms with Gasteiger partial charge in [-0.1, -0.05) is 17.3 Å². The van der Waals surface area contributed by atoms with Gasteiger partial charge in [0.2, 0.25) is 10.0 Å². The molecule has 3 N–H and O–H groups in total. The second-order valence-electron chi connectivity index (χ2n) is 5.54. The summed E-state index contributed by atoms with van der Waals surface area (Å²) in [5, 5.41) is 6.06. The molecule has 132 valence electrons. The van der Waals surface area contributed by atoms with Gasteiger partial charge in [-0.3, -0.25) is 0 Å². The van der Waals surface area contributed by atoms with E-state index < -0.39 is 10.0 Å². The Kier molecular flexibility index (Phi) is 5.16. The summed E-state index contributed by atoms with van der Waals surface area (Å²) in [4.78, 5) is 4.40. The monoisotopic (exact) mass is 378 g/mol. The Hall–Kier alpha value is -2.23. The van der Waals surface area contributed by atoms with E-state index in [9.17, 15) is 8.42 Å². The summed E-state index contributed by atoms with van der Waals surface area (Å²) < 4.78 is 32.9. The third-order valence-corrected chi connectivity index (χ3v) is 6.00. The summed E-state index contributed by atoms with van der Waals surface area (Å²) in [6.45, 7) is 2.09. The molecule has 0 saturated heterocycles. The zero-order chi connectivity index (χ0) is 17.9. The van der Waals surface area contributed by atoms with Crippen molar-refractivity contribution in [2.75, 3.05) is 12.3 Å². The molecular formula is C16H18N4O3S2. The largest absolute Gasteiger partial charge is 0.375 e. The van der Waals surface area contributed by atoms with Gasteiger partial charge in [0.1, 0.15) is 0 Å². The SMILES string of the molecule is Cc1ccc(-c2ccno2)cc1S(=O)(=O)NCCCc1csc(N)n1. The molecule has 0 unspecified atom stereocenters. The Bertz CT molecular complexity index is 950. The van der Waals surface area contributed by atoms with Gasteiger partial charge in [0.05, 0.1) is 16.8 Å². The van der Waals surface area contributed by atoms with E-state index in [1.807, 2.05) is 11.4 Å². The minimum Gasteiger partial charge on any atom is -0.375 e. The zero-order valence-corrected chi connectivity index (χ0v) is 15.2. The molecule has 0 amide bonds. The lowest BCUT2D eigenvalue weighted by Gasteiger charge is -2.10. The maximum atomic E-state index is 12.6. The van der Waals surface area contributed by atoms with E-state index in [0.717, 1.165) is 5.69 Å². The zero-order valence-electron chi connectivity index (χ0n) is 13.6. The van der Waals surface area contributed by atoms with Gasteiger partial charge in [0, 0.05) is 23.6 Å². The lowest BCUT2D eigenvalue weighted by Crippen LogP contribution is -2.25. The third-order valence-electron chi connectivity index (χ3n) is 3.67. The van der Waals surface area contributed by atoms with E-state index in [1.54, 1.807) is 25.1 Å². The molecule has 0 aliphatic rings. The molecule has 0 saturated carbocycles. The van der Waals surface area contributed by atoms with Crippen LogP contribution in [0.1, 0.15) is 17.7 Å². The van der Waals surface area contributed by atoms with E-state index in [0.29, 0.717) is 41.4 Å². The highest BCUT2D eigenvalue weighted by Gasteiger charge is 2.18. The van der Waals surface area contributed by atoms with Crippen molar-refractivity contribution in [2.24, 2.45) is 0 Å². The van der Waals surface area contributed by atoms with Crippen LogP contribution in [0.25, 0.3) is 11.3 Å². The van der Waals surface area contributed by atoms with Crippen LogP contribution in [0.3, 0.4) is 0 Å². The number of aromatic nitrogens is 2. The lowest BCUT2D eigenvalue weighted by molar-refractivity contribution is 0.432. The minimum atomic E-state index is -3.61. The smallest absolute Gasteiger partial charge is 0.240 e. The van der Waals surface area contributed by atoms with Crippen molar-refractivity contribution < 1.29 is 12.9 Å². The fraction of sp³-hybridized carbons (Fsp3) is 0.250. The van der Waals surface area contributed by atoms with Crippen LogP contribution >= 0.6 is 11.3 Å². The number of nitrogens with two attached hydrogens (primary N) is 1. The minimum absolute atomic E-state index is 0.235. The molecule has 2 heterocycles. The van der Waals surface area contributed by atoms with Crippen LogP contribution in [-0.2, 0) is 16.4 Å². The second-order valence-corrected chi connectivity index (χ2v) is 8.16. The summed E-state index contributed by atoms with van der Waals surface area (Å²) in [6, 6.07) is 6.85. The summed E-state index contributed by atoms with van der Waals surface area (Å²) in [6.07, 6.45) is 2.84. The van der Waals surface area contributed by atoms with Gasteiger partial charge >= 0.3 is 0 Å². The fourth-order valence-corrected chi connectivity index (χ4v) is 4.34. The fourth-order valence-electron chi connectivity index (χ4n) is 2.40. The molecule has 9 heteroatoms. The number of nitrogen functional groups attached to an aromatic ring is 1. The molecule has 3 aromatic rings. The second kappa shape index (κ2) is 7.34. The maximum absolute atomic E-state index is 12.6. The normalized spacial score (nSPS) is 11.7. The Balaban J connectivity index is 1.68. The summed E-state index contributed by atoms with van der Waals surface area (Å²) in [5.41, 5.74) is 7.80. The predicted molar refractivity (Wildman–Crippen MR) is 96.7 cm³/mol. The molecule has 0 aliphatic heterocycles. The number of sulfonamides is 1. The number of thiazole rings is 1. The number of aryl methyl sites for hydroxylation is 2. The maximum Gasteiger partial charge on any atom is 0.240 e. The molecule has 25 heavy (non-hydrogen) atoms. The predicted octanol–water partition coefficient (Wildman–Crippen LogP) is 2.60. The van der Waals surface area contributed by atoms with Crippen molar-refractivity contribution in [1.29, 1.82) is 0 Å². The van der Waals surface area contributed by atoms with Crippen LogP contribution in [-0.4, -0.2) is 25.1 Å². The van der Waals surface area contributed by atoms with Crippen molar-refractivity contribution in [2.45, 2.75) is 24.7 Å². The molecular weight excluding hydrogens is 360 g/mol. The molecule has 0 radical (unpaired) electrons. The van der Waals surface area contributed by atoms with Crippen LogP contribution < -0.4 is 10.5 Å². The first-order chi connectivity index (χ1) is 12.0. The summed E-state index contributed by atoms with van der Waals surface area (Å²) in [5.74, 6) is 0.526. The Morgan fingerprint density at radius 1 is 1.32 bits per heavy atom. The Labute approximate surface area is 149 Å². The van der Waals surface area contributed by atoms with E-state index >= 15 is 0 Å². The average molecular weight is 378 g/mol. The average Bonchev–Trinajstić information content (AvgIpc) is 3.24. The van der Waals surface area contributed by atoms with Gasteiger partial charge in [-0.15, -0.1) is 11.3 Å². The number of nitrogens with one attached hydrogen (secondary N) is 1. The quantitative estimate of drug-likeness (QED) is 0.611. The number of benzene rings is 1. The van der Waals surface area contributed by atoms with E-state index in [2.05, 4.69) is 14.9 Å². The Morgan fingerprint density at radius 3 is 2.84 bits per heavy atom. The first-order valence-electron chi connectivity index (χ1n) is 7.67. The highest BCUT2D eigenvalue weighted by atomic mass is 32.2. The Morgan fingerprint density at radius 2 is 2.16 bits per heavy atom. The van der Waals surface area contributed by atoms with Crippen molar-refractivity contribution in [3.63, 3.8) is 0 Å². The van der Waals surface area contributed by atoms with E-state index in [4.69, 9.17) is 10.3 Å². The molecule has 0 spiro atoms. The lowest BCUT2D eigenvalue weighted by atomic mass is 10.1. The van der Waals surface area contributed by atoms with Gasteiger partial charge in [-0.25, -0.2) is 18.1 Å². The summed E-state index contributed by atoms with van der Waals surface area (Å²) >= 11 is 1.38. The van der Waals surface area contributed by atoms with Gasteiger partial charge in [0.25, 0.3) is 0 Å². The molecule has 7 nitrogen and oxygen atoms in total. The van der Waals surface area contributed by atoms with Crippen molar-refractivity contribution in [3.8, 4) is 11.3 Å². The standard InChI is InChI=1S/C16H18N4O3S2/c1-11-4-5-12(14-6-8-18-23-14)9-15(11)25(21,22)19-7-2-3-13-10-24-16(17)20-13/h4-6,8-10,19H,2-3,7H2,1H3,(H2,17,20). The van der Waals surface area contributed by atoms with Crippen LogP contribution in [0.2, 0.25) is 0 Å². The van der Waals surface area contributed by atoms with Crippen LogP contribution in [0.15, 0.2) is 45.3 Å². The molecule has 0 aliphatic carbocycles. The first-order valence-corrected chi connectivity index (χ1v) is 10.0. The first kappa shape index (κ1) is 17.6. The van der Waals surface area contributed by atoms with Crippen molar-refractivity contribution in [3.05, 3.63) is 47.1 Å². The van der Waals surface area contributed by atoms with Gasteiger partial charge in [0.15, 0.2) is 10.9 Å². The van der Waals surface area contributed by atoms with Crippen molar-refractivity contribution >= 4 is 26.5 Å².